The van der Waals surface area contributed by atoms with E-state index >= 15 is 0 Å². The van der Waals surface area contributed by atoms with Crippen LogP contribution in [0.2, 0.25) is 0 Å². The van der Waals surface area contributed by atoms with Crippen LogP contribution >= 0.6 is 0 Å². The molecule has 31 heavy (non-hydrogen) atoms. The van der Waals surface area contributed by atoms with Gasteiger partial charge in [0.05, 0.1) is 13.7 Å². The Balaban J connectivity index is 1.74. The van der Waals surface area contributed by atoms with E-state index in [1.165, 1.54) is 0 Å². The summed E-state index contributed by atoms with van der Waals surface area (Å²) in [4.78, 5) is 24.7. The third kappa shape index (κ3) is 4.02. The molecule has 6 nitrogen and oxygen atoms in total. The summed E-state index contributed by atoms with van der Waals surface area (Å²) in [6.07, 6.45) is 0.556. The zero-order chi connectivity index (χ0) is 22.0. The Hall–Kier alpha value is -3.64. The number of carbonyl (C=O) groups excluding carboxylic acids is 2. The van der Waals surface area contributed by atoms with Crippen molar-refractivity contribution in [2.24, 2.45) is 5.73 Å². The second-order valence-electron chi connectivity index (χ2n) is 7.44. The number of ether oxygens (including phenoxy) is 2. The van der Waals surface area contributed by atoms with Crippen molar-refractivity contribution in [1.29, 1.82) is 0 Å². The van der Waals surface area contributed by atoms with E-state index in [9.17, 15) is 9.59 Å². The number of methoxy groups -OCH3 is 2. The maximum Gasteiger partial charge on any atom is 0.251 e. The molecule has 0 bridgehead atoms. The second-order valence-corrected chi connectivity index (χ2v) is 7.44. The lowest BCUT2D eigenvalue weighted by molar-refractivity contribution is 0.0936. The fraction of sp³-hybridized carbons (Fsp3) is 0.200. The molecular formula is C25H24N2O4. The van der Waals surface area contributed by atoms with Crippen LogP contribution in [0.3, 0.4) is 0 Å². The summed E-state index contributed by atoms with van der Waals surface area (Å²) in [7, 11) is 3.21. The second kappa shape index (κ2) is 8.62. The van der Waals surface area contributed by atoms with Gasteiger partial charge in [0.1, 0.15) is 5.75 Å². The lowest BCUT2D eigenvalue weighted by atomic mass is 9.94. The van der Waals surface area contributed by atoms with Crippen LogP contribution in [-0.2, 0) is 11.2 Å². The summed E-state index contributed by atoms with van der Waals surface area (Å²) in [6.45, 7) is 0.902. The van der Waals surface area contributed by atoms with Crippen molar-refractivity contribution in [2.75, 3.05) is 27.4 Å². The summed E-state index contributed by atoms with van der Waals surface area (Å²) in [5, 5.41) is 2.83. The highest BCUT2D eigenvalue weighted by Gasteiger charge is 2.25. The van der Waals surface area contributed by atoms with E-state index in [0.29, 0.717) is 30.7 Å². The van der Waals surface area contributed by atoms with Gasteiger partial charge in [-0.1, -0.05) is 18.2 Å². The number of benzene rings is 3. The molecule has 0 radical (unpaired) electrons. The molecule has 1 aliphatic carbocycles. The van der Waals surface area contributed by atoms with Gasteiger partial charge >= 0.3 is 0 Å². The van der Waals surface area contributed by atoms with Gasteiger partial charge in [0, 0.05) is 24.8 Å². The highest BCUT2D eigenvalue weighted by Crippen LogP contribution is 2.41. The SMILES string of the molecule is COCCNC(=O)c1ccc2c(c1)Cc1c(C(N)=O)cc(-c3cccc(OC)c3)cc1-2. The number of fused-ring (bicyclic) bond motifs is 3. The molecule has 0 fully saturated rings. The molecule has 0 unspecified atom stereocenters. The van der Waals surface area contributed by atoms with Crippen LogP contribution in [0.1, 0.15) is 31.8 Å². The quantitative estimate of drug-likeness (QED) is 0.452. The van der Waals surface area contributed by atoms with Crippen LogP contribution in [0.4, 0.5) is 0 Å². The van der Waals surface area contributed by atoms with E-state index in [1.807, 2.05) is 42.5 Å². The van der Waals surface area contributed by atoms with Crippen molar-refractivity contribution in [3.8, 4) is 28.0 Å². The minimum atomic E-state index is -0.466. The number of amides is 2. The monoisotopic (exact) mass is 416 g/mol. The average Bonchev–Trinajstić information content (AvgIpc) is 3.16. The van der Waals surface area contributed by atoms with Crippen molar-refractivity contribution in [2.45, 2.75) is 6.42 Å². The molecular weight excluding hydrogens is 392 g/mol. The number of primary amides is 1. The summed E-state index contributed by atoms with van der Waals surface area (Å²) < 4.78 is 10.3. The van der Waals surface area contributed by atoms with Crippen molar-refractivity contribution < 1.29 is 19.1 Å². The summed E-state index contributed by atoms with van der Waals surface area (Å²) in [5.41, 5.74) is 12.5. The standard InChI is InChI=1S/C25H24N2O4/c1-30-9-8-27-25(29)16-6-7-20-18(10-16)14-22-21(20)12-17(13-23(22)24(26)28)15-4-3-5-19(11-15)31-2/h3-7,10-13H,8-9,14H2,1-2H3,(H2,26,28)(H,27,29). The number of hydrogen-bond acceptors (Lipinski definition) is 4. The average molecular weight is 416 g/mol. The number of carbonyl (C=O) groups is 2. The predicted molar refractivity (Wildman–Crippen MR) is 119 cm³/mol. The van der Waals surface area contributed by atoms with E-state index in [-0.39, 0.29) is 5.91 Å². The van der Waals surface area contributed by atoms with Crippen LogP contribution in [0.25, 0.3) is 22.3 Å². The van der Waals surface area contributed by atoms with Gasteiger partial charge in [-0.2, -0.15) is 0 Å². The van der Waals surface area contributed by atoms with Gasteiger partial charge in [-0.15, -0.1) is 0 Å². The molecule has 6 heteroatoms. The summed E-state index contributed by atoms with van der Waals surface area (Å²) >= 11 is 0. The first-order valence-corrected chi connectivity index (χ1v) is 10.0. The highest BCUT2D eigenvalue weighted by molar-refractivity contribution is 6.01. The highest BCUT2D eigenvalue weighted by atomic mass is 16.5. The number of nitrogens with one attached hydrogen (secondary N) is 1. The first-order chi connectivity index (χ1) is 15.0. The molecule has 3 N–H and O–H groups in total. The molecule has 0 atom stereocenters. The van der Waals surface area contributed by atoms with Gasteiger partial charge in [0.15, 0.2) is 0 Å². The van der Waals surface area contributed by atoms with Crippen molar-refractivity contribution >= 4 is 11.8 Å². The van der Waals surface area contributed by atoms with Crippen LogP contribution < -0.4 is 15.8 Å². The van der Waals surface area contributed by atoms with Crippen molar-refractivity contribution in [1.82, 2.24) is 5.32 Å². The molecule has 2 amide bonds. The van der Waals surface area contributed by atoms with Gasteiger partial charge in [-0.3, -0.25) is 9.59 Å². The van der Waals surface area contributed by atoms with Gasteiger partial charge in [0.25, 0.3) is 5.91 Å². The van der Waals surface area contributed by atoms with Gasteiger partial charge in [0.2, 0.25) is 5.91 Å². The summed E-state index contributed by atoms with van der Waals surface area (Å²) in [6, 6.07) is 17.2. The number of hydrogen-bond donors (Lipinski definition) is 2. The van der Waals surface area contributed by atoms with Crippen LogP contribution in [0, 0.1) is 0 Å². The number of rotatable bonds is 7. The normalized spacial score (nSPS) is 11.5. The fourth-order valence-corrected chi connectivity index (χ4v) is 3.99. The largest absolute Gasteiger partial charge is 0.497 e. The molecule has 0 saturated heterocycles. The molecule has 0 heterocycles. The van der Waals surface area contributed by atoms with E-state index in [2.05, 4.69) is 11.4 Å². The first-order valence-electron chi connectivity index (χ1n) is 10.0. The Labute approximate surface area is 181 Å². The van der Waals surface area contributed by atoms with Crippen molar-refractivity contribution in [3.63, 3.8) is 0 Å². The minimum absolute atomic E-state index is 0.150. The molecule has 0 aromatic heterocycles. The Bertz CT molecular complexity index is 1170. The van der Waals surface area contributed by atoms with Crippen molar-refractivity contribution in [3.05, 3.63) is 76.9 Å². The Kier molecular flexibility index (Phi) is 5.73. The van der Waals surface area contributed by atoms with Gasteiger partial charge in [-0.25, -0.2) is 0 Å². The third-order valence-electron chi connectivity index (χ3n) is 5.54. The Morgan fingerprint density at radius 1 is 1.00 bits per heavy atom. The molecule has 0 aliphatic heterocycles. The Morgan fingerprint density at radius 2 is 1.84 bits per heavy atom. The molecule has 0 spiro atoms. The lowest BCUT2D eigenvalue weighted by Crippen LogP contribution is -2.26. The molecule has 4 rings (SSSR count). The number of nitrogens with two attached hydrogens (primary N) is 1. The van der Waals surface area contributed by atoms with Gasteiger partial charge < -0.3 is 20.5 Å². The smallest absolute Gasteiger partial charge is 0.251 e. The zero-order valence-corrected chi connectivity index (χ0v) is 17.5. The van der Waals surface area contributed by atoms with Crippen LogP contribution in [0.5, 0.6) is 5.75 Å². The van der Waals surface area contributed by atoms with E-state index in [0.717, 1.165) is 39.1 Å². The Morgan fingerprint density at radius 3 is 2.58 bits per heavy atom. The topological polar surface area (TPSA) is 90.6 Å². The molecule has 3 aromatic carbocycles. The fourth-order valence-electron chi connectivity index (χ4n) is 3.99. The van der Waals surface area contributed by atoms with Crippen LogP contribution in [-0.4, -0.2) is 39.2 Å². The van der Waals surface area contributed by atoms with Crippen LogP contribution in [0.15, 0.2) is 54.6 Å². The molecule has 158 valence electrons. The molecule has 1 aliphatic rings. The summed E-state index contributed by atoms with van der Waals surface area (Å²) in [5.74, 6) is 0.123. The third-order valence-corrected chi connectivity index (χ3v) is 5.54. The van der Waals surface area contributed by atoms with Gasteiger partial charge in [-0.05, 0) is 76.2 Å². The molecule has 0 saturated carbocycles. The van der Waals surface area contributed by atoms with E-state index in [1.54, 1.807) is 20.3 Å². The maximum absolute atomic E-state index is 12.4. The zero-order valence-electron chi connectivity index (χ0n) is 17.5. The molecule has 3 aromatic rings. The maximum atomic E-state index is 12.4. The van der Waals surface area contributed by atoms with E-state index in [4.69, 9.17) is 15.2 Å². The first kappa shape index (κ1) is 20.6. The predicted octanol–water partition coefficient (Wildman–Crippen LogP) is 3.41. The van der Waals surface area contributed by atoms with E-state index < -0.39 is 5.91 Å². The lowest BCUT2D eigenvalue weighted by Gasteiger charge is -2.11. The minimum Gasteiger partial charge on any atom is -0.497 e.